The van der Waals surface area contributed by atoms with Gasteiger partial charge in [0, 0.05) is 16.2 Å². The van der Waals surface area contributed by atoms with Gasteiger partial charge in [0.1, 0.15) is 0 Å². The molecule has 1 aromatic carbocycles. The Kier molecular flexibility index (Phi) is 2.06. The highest BCUT2D eigenvalue weighted by Crippen LogP contribution is 2.06. The second kappa shape index (κ2) is 3.01. The SMILES string of the molecule is Nc1ccc([CH][N+](=O)[O-])cc1. The minimum Gasteiger partial charge on any atom is -0.399 e. The number of nitrogens with two attached hydrogens (primary N) is 1. The summed E-state index contributed by atoms with van der Waals surface area (Å²) in [5.74, 6) is 0. The van der Waals surface area contributed by atoms with E-state index in [4.69, 9.17) is 5.73 Å². The van der Waals surface area contributed by atoms with Gasteiger partial charge in [-0.15, -0.1) is 0 Å². The number of nitrogens with zero attached hydrogens (tertiary/aromatic N) is 1. The minimum atomic E-state index is -0.495. The van der Waals surface area contributed by atoms with Crippen molar-refractivity contribution in [2.45, 2.75) is 0 Å². The number of nitrogen functional groups attached to an aromatic ring is 1. The van der Waals surface area contributed by atoms with Crippen molar-refractivity contribution in [2.75, 3.05) is 5.73 Å². The molecule has 11 heavy (non-hydrogen) atoms. The van der Waals surface area contributed by atoms with Gasteiger partial charge in [-0.05, 0) is 24.3 Å². The highest BCUT2D eigenvalue weighted by atomic mass is 16.6. The van der Waals surface area contributed by atoms with E-state index >= 15 is 0 Å². The Morgan fingerprint density at radius 3 is 2.36 bits per heavy atom. The fourth-order valence-electron chi connectivity index (χ4n) is 0.704. The van der Waals surface area contributed by atoms with Crippen LogP contribution in [-0.2, 0) is 0 Å². The van der Waals surface area contributed by atoms with Crippen LogP contribution in [0, 0.1) is 16.7 Å². The summed E-state index contributed by atoms with van der Waals surface area (Å²) in [4.78, 5) is 9.48. The van der Waals surface area contributed by atoms with Crippen molar-refractivity contribution >= 4 is 5.69 Å². The molecule has 0 unspecified atom stereocenters. The monoisotopic (exact) mass is 151 g/mol. The van der Waals surface area contributed by atoms with Gasteiger partial charge >= 0.3 is 6.54 Å². The summed E-state index contributed by atoms with van der Waals surface area (Å²) in [6, 6.07) is 6.43. The maximum atomic E-state index is 9.97. The van der Waals surface area contributed by atoms with E-state index in [1.165, 1.54) is 0 Å². The molecule has 0 saturated carbocycles. The van der Waals surface area contributed by atoms with Gasteiger partial charge in [0.15, 0.2) is 0 Å². The molecular weight excluding hydrogens is 144 g/mol. The van der Waals surface area contributed by atoms with Gasteiger partial charge in [0.05, 0.1) is 0 Å². The van der Waals surface area contributed by atoms with Gasteiger partial charge in [0.2, 0.25) is 0 Å². The highest BCUT2D eigenvalue weighted by molar-refractivity contribution is 5.40. The van der Waals surface area contributed by atoms with Crippen LogP contribution in [0.15, 0.2) is 24.3 Å². The van der Waals surface area contributed by atoms with E-state index < -0.39 is 4.92 Å². The molecule has 0 heterocycles. The van der Waals surface area contributed by atoms with E-state index in [1.54, 1.807) is 24.3 Å². The van der Waals surface area contributed by atoms with Crippen molar-refractivity contribution in [1.82, 2.24) is 0 Å². The lowest BCUT2D eigenvalue weighted by Crippen LogP contribution is -1.94. The smallest absolute Gasteiger partial charge is 0.308 e. The van der Waals surface area contributed by atoms with E-state index in [2.05, 4.69) is 0 Å². The van der Waals surface area contributed by atoms with Gasteiger partial charge < -0.3 is 5.73 Å². The summed E-state index contributed by atoms with van der Waals surface area (Å²) in [5.41, 5.74) is 6.52. The maximum Gasteiger partial charge on any atom is 0.308 e. The Morgan fingerprint density at radius 1 is 1.36 bits per heavy atom. The molecule has 2 N–H and O–H groups in total. The molecule has 1 aromatic rings. The molecule has 0 aliphatic carbocycles. The Bertz CT molecular complexity index is 256. The lowest BCUT2D eigenvalue weighted by molar-refractivity contribution is -0.429. The molecule has 0 bridgehead atoms. The third-order valence-corrected chi connectivity index (χ3v) is 1.19. The first-order chi connectivity index (χ1) is 5.18. The number of rotatable bonds is 2. The van der Waals surface area contributed by atoms with Gasteiger partial charge in [-0.3, -0.25) is 10.1 Å². The van der Waals surface area contributed by atoms with Crippen LogP contribution in [0.5, 0.6) is 0 Å². The molecule has 1 radical (unpaired) electrons. The second-order valence-electron chi connectivity index (χ2n) is 2.08. The van der Waals surface area contributed by atoms with Crippen molar-refractivity contribution in [3.63, 3.8) is 0 Å². The zero-order valence-electron chi connectivity index (χ0n) is 5.73. The van der Waals surface area contributed by atoms with Gasteiger partial charge in [-0.1, -0.05) is 0 Å². The number of benzene rings is 1. The molecule has 0 saturated heterocycles. The van der Waals surface area contributed by atoms with Crippen LogP contribution in [0.25, 0.3) is 0 Å². The summed E-state index contributed by atoms with van der Waals surface area (Å²) in [7, 11) is 0. The summed E-state index contributed by atoms with van der Waals surface area (Å²) in [5, 5.41) is 9.97. The van der Waals surface area contributed by atoms with E-state index in [9.17, 15) is 10.1 Å². The van der Waals surface area contributed by atoms with Gasteiger partial charge in [0.25, 0.3) is 0 Å². The van der Waals surface area contributed by atoms with Crippen molar-refractivity contribution in [3.8, 4) is 0 Å². The number of hydrogen-bond acceptors (Lipinski definition) is 3. The lowest BCUT2D eigenvalue weighted by Gasteiger charge is -1.93. The van der Waals surface area contributed by atoms with Crippen LogP contribution >= 0.6 is 0 Å². The second-order valence-corrected chi connectivity index (χ2v) is 2.08. The quantitative estimate of drug-likeness (QED) is 0.390. The number of hydrogen-bond donors (Lipinski definition) is 1. The lowest BCUT2D eigenvalue weighted by atomic mass is 10.2. The zero-order valence-corrected chi connectivity index (χ0v) is 5.73. The fraction of sp³-hybridized carbons (Fsp3) is 0. The summed E-state index contributed by atoms with van der Waals surface area (Å²) >= 11 is 0. The van der Waals surface area contributed by atoms with Crippen molar-refractivity contribution in [3.05, 3.63) is 46.5 Å². The molecular formula is C7H7N2O2. The van der Waals surface area contributed by atoms with Crippen LogP contribution in [0.3, 0.4) is 0 Å². The Labute approximate surface area is 63.8 Å². The number of nitro groups is 1. The third-order valence-electron chi connectivity index (χ3n) is 1.19. The topological polar surface area (TPSA) is 69.2 Å². The molecule has 0 aromatic heterocycles. The molecule has 0 atom stereocenters. The molecule has 0 spiro atoms. The molecule has 0 fully saturated rings. The Balaban J connectivity index is 2.74. The fourth-order valence-corrected chi connectivity index (χ4v) is 0.704. The predicted octanol–water partition coefficient (Wildman–Crippen LogP) is 1.06. The van der Waals surface area contributed by atoms with E-state index in [-0.39, 0.29) is 0 Å². The molecule has 0 aliphatic heterocycles. The average molecular weight is 151 g/mol. The summed E-state index contributed by atoms with van der Waals surface area (Å²) < 4.78 is 0. The van der Waals surface area contributed by atoms with Crippen LogP contribution in [-0.4, -0.2) is 4.92 Å². The number of anilines is 1. The van der Waals surface area contributed by atoms with Gasteiger partial charge in [-0.25, -0.2) is 0 Å². The molecule has 1 rings (SSSR count). The first kappa shape index (κ1) is 7.53. The average Bonchev–Trinajstić information content (AvgIpc) is 1.93. The van der Waals surface area contributed by atoms with E-state index in [0.29, 0.717) is 11.3 Å². The molecule has 0 aliphatic rings. The Hall–Kier alpha value is -1.58. The minimum absolute atomic E-state index is 0.495. The van der Waals surface area contributed by atoms with Crippen LogP contribution in [0.4, 0.5) is 5.69 Å². The van der Waals surface area contributed by atoms with Crippen molar-refractivity contribution in [2.24, 2.45) is 0 Å². The third kappa shape index (κ3) is 2.25. The zero-order chi connectivity index (χ0) is 8.27. The predicted molar refractivity (Wildman–Crippen MR) is 41.3 cm³/mol. The normalized spacial score (nSPS) is 9.45. The van der Waals surface area contributed by atoms with Gasteiger partial charge in [-0.2, -0.15) is 0 Å². The van der Waals surface area contributed by atoms with E-state index in [1.807, 2.05) is 0 Å². The maximum absolute atomic E-state index is 9.97. The largest absolute Gasteiger partial charge is 0.399 e. The summed E-state index contributed by atoms with van der Waals surface area (Å²) in [6.07, 6.45) is 0. The van der Waals surface area contributed by atoms with Crippen LogP contribution in [0.2, 0.25) is 0 Å². The van der Waals surface area contributed by atoms with E-state index in [0.717, 1.165) is 6.54 Å². The van der Waals surface area contributed by atoms with Crippen LogP contribution in [0.1, 0.15) is 5.56 Å². The summed E-state index contributed by atoms with van der Waals surface area (Å²) in [6.45, 7) is 0.930. The first-order valence-electron chi connectivity index (χ1n) is 3.02. The molecule has 4 heteroatoms. The Morgan fingerprint density at radius 2 is 1.91 bits per heavy atom. The van der Waals surface area contributed by atoms with Crippen LogP contribution < -0.4 is 5.73 Å². The molecule has 4 nitrogen and oxygen atoms in total. The highest BCUT2D eigenvalue weighted by Gasteiger charge is 2.01. The van der Waals surface area contributed by atoms with Crippen molar-refractivity contribution < 1.29 is 4.92 Å². The van der Waals surface area contributed by atoms with Crippen molar-refractivity contribution in [1.29, 1.82) is 0 Å². The molecule has 57 valence electrons. The first-order valence-corrected chi connectivity index (χ1v) is 3.02. The molecule has 0 amide bonds. The standard InChI is InChI=1S/C7H7N2O2/c8-7-3-1-6(2-4-7)5-9(10)11/h1-5H,8H2.